The number of hydrogen-bond donors (Lipinski definition) is 1. The van der Waals surface area contributed by atoms with E-state index in [-0.39, 0.29) is 17.9 Å². The Balaban J connectivity index is 1.60. The zero-order valence-corrected chi connectivity index (χ0v) is 12.7. The molecule has 2 unspecified atom stereocenters. The molecule has 3 rings (SSSR count). The number of nitrogens with one attached hydrogen (secondary N) is 1. The third-order valence-electron chi connectivity index (χ3n) is 4.01. The van der Waals surface area contributed by atoms with Gasteiger partial charge in [-0.25, -0.2) is 0 Å². The van der Waals surface area contributed by atoms with Crippen LogP contribution in [-0.4, -0.2) is 25.2 Å². The third-order valence-corrected chi connectivity index (χ3v) is 4.48. The van der Waals surface area contributed by atoms with Gasteiger partial charge in [0, 0.05) is 6.61 Å². The van der Waals surface area contributed by atoms with Gasteiger partial charge in [-0.05, 0) is 49.8 Å². The first-order chi connectivity index (χ1) is 10.2. The maximum absolute atomic E-state index is 11.4. The van der Waals surface area contributed by atoms with Crippen molar-refractivity contribution in [1.29, 1.82) is 0 Å². The van der Waals surface area contributed by atoms with E-state index in [4.69, 9.17) is 21.1 Å². The number of carbonyl (C=O) groups excluding carboxylic acids is 1. The van der Waals surface area contributed by atoms with Crippen molar-refractivity contribution in [3.05, 3.63) is 23.8 Å². The molecule has 1 saturated heterocycles. The molecule has 4 nitrogen and oxygen atoms in total. The molecule has 1 amide bonds. The predicted molar refractivity (Wildman–Crippen MR) is 82.0 cm³/mol. The first-order valence-corrected chi connectivity index (χ1v) is 7.98. The van der Waals surface area contributed by atoms with E-state index in [1.54, 1.807) is 0 Å². The van der Waals surface area contributed by atoms with Gasteiger partial charge in [-0.3, -0.25) is 4.79 Å². The second-order valence-corrected chi connectivity index (χ2v) is 6.15. The zero-order chi connectivity index (χ0) is 14.7. The van der Waals surface area contributed by atoms with E-state index in [2.05, 4.69) is 5.32 Å². The van der Waals surface area contributed by atoms with Crippen LogP contribution in [0.1, 0.15) is 43.0 Å². The smallest absolute Gasteiger partial charge is 0.262 e. The lowest BCUT2D eigenvalue weighted by atomic mass is 10.0. The Hall–Kier alpha value is -1.26. The maximum Gasteiger partial charge on any atom is 0.262 e. The predicted octanol–water partition coefficient (Wildman–Crippen LogP) is 3.65. The van der Waals surface area contributed by atoms with E-state index in [0.717, 1.165) is 31.4 Å². The molecule has 0 bridgehead atoms. The van der Waals surface area contributed by atoms with Crippen molar-refractivity contribution in [2.24, 2.45) is 0 Å². The number of alkyl halides is 1. The van der Waals surface area contributed by atoms with Crippen LogP contribution in [0.15, 0.2) is 18.2 Å². The van der Waals surface area contributed by atoms with Crippen LogP contribution in [0.3, 0.4) is 0 Å². The highest BCUT2D eigenvalue weighted by Gasteiger charge is 2.20. The molecule has 2 atom stereocenters. The number of benzene rings is 1. The van der Waals surface area contributed by atoms with Gasteiger partial charge < -0.3 is 14.8 Å². The summed E-state index contributed by atoms with van der Waals surface area (Å²) < 4.78 is 11.1. The van der Waals surface area contributed by atoms with Gasteiger partial charge in [-0.2, -0.15) is 0 Å². The second-order valence-electron chi connectivity index (χ2n) is 5.63. The molecule has 2 aliphatic heterocycles. The Labute approximate surface area is 129 Å². The molecule has 0 saturated carbocycles. The van der Waals surface area contributed by atoms with E-state index < -0.39 is 0 Å². The third kappa shape index (κ3) is 3.69. The van der Waals surface area contributed by atoms with Gasteiger partial charge in [-0.15, -0.1) is 11.6 Å². The molecule has 114 valence electrons. The van der Waals surface area contributed by atoms with Crippen LogP contribution in [0, 0.1) is 0 Å². The van der Waals surface area contributed by atoms with Crippen LogP contribution in [-0.2, 0) is 9.53 Å². The lowest BCUT2D eigenvalue weighted by molar-refractivity contribution is -0.118. The molecule has 1 fully saturated rings. The number of rotatable bonds is 4. The Morgan fingerprint density at radius 2 is 2.29 bits per heavy atom. The monoisotopic (exact) mass is 309 g/mol. The number of amides is 1. The molecule has 0 aromatic heterocycles. The van der Waals surface area contributed by atoms with Gasteiger partial charge in [0.05, 0.1) is 17.2 Å². The molecule has 0 radical (unpaired) electrons. The lowest BCUT2D eigenvalue weighted by Crippen LogP contribution is -2.25. The summed E-state index contributed by atoms with van der Waals surface area (Å²) in [4.78, 5) is 11.4. The first kappa shape index (κ1) is 14.7. The number of fused-ring (bicyclic) bond motifs is 1. The Kier molecular flexibility index (Phi) is 4.66. The first-order valence-electron chi connectivity index (χ1n) is 7.54. The zero-order valence-electron chi connectivity index (χ0n) is 11.9. The van der Waals surface area contributed by atoms with Crippen molar-refractivity contribution < 1.29 is 14.3 Å². The highest BCUT2D eigenvalue weighted by Crippen LogP contribution is 2.35. The van der Waals surface area contributed by atoms with E-state index in [1.807, 2.05) is 18.2 Å². The number of hydrogen-bond acceptors (Lipinski definition) is 3. The molecule has 21 heavy (non-hydrogen) atoms. The van der Waals surface area contributed by atoms with Crippen molar-refractivity contribution in [1.82, 2.24) is 0 Å². The topological polar surface area (TPSA) is 47.6 Å². The van der Waals surface area contributed by atoms with Crippen LogP contribution >= 0.6 is 11.6 Å². The summed E-state index contributed by atoms with van der Waals surface area (Å²) in [6.07, 6.45) is 5.76. The lowest BCUT2D eigenvalue weighted by Gasteiger charge is -2.24. The van der Waals surface area contributed by atoms with Gasteiger partial charge >= 0.3 is 0 Å². The molecular formula is C16H20ClNO3. The quantitative estimate of drug-likeness (QED) is 0.864. The normalized spacial score (nSPS) is 22.9. The van der Waals surface area contributed by atoms with E-state index in [1.165, 1.54) is 12.8 Å². The Bertz CT molecular complexity index is 514. The largest absolute Gasteiger partial charge is 0.482 e. The van der Waals surface area contributed by atoms with Gasteiger partial charge in [-0.1, -0.05) is 6.07 Å². The summed E-state index contributed by atoms with van der Waals surface area (Å²) in [5.74, 6) is 0.583. The summed E-state index contributed by atoms with van der Waals surface area (Å²) in [5, 5.41) is 2.74. The Morgan fingerprint density at radius 1 is 1.38 bits per heavy atom. The van der Waals surface area contributed by atoms with Gasteiger partial charge in [0.15, 0.2) is 6.61 Å². The standard InChI is InChI=1S/C16H20ClNO3/c17-13(6-5-12-3-1-2-8-20-12)11-4-7-15-14(9-11)18-16(19)10-21-15/h4,7,9,12-13H,1-3,5-6,8,10H2,(H,18,19). The summed E-state index contributed by atoms with van der Waals surface area (Å²) in [5.41, 5.74) is 1.72. The number of anilines is 1. The molecule has 1 N–H and O–H groups in total. The molecule has 1 aromatic carbocycles. The Morgan fingerprint density at radius 3 is 3.10 bits per heavy atom. The summed E-state index contributed by atoms with van der Waals surface area (Å²) in [6, 6.07) is 5.75. The summed E-state index contributed by atoms with van der Waals surface area (Å²) >= 11 is 6.50. The SMILES string of the molecule is O=C1COc2ccc(C(Cl)CCC3CCCCO3)cc2N1. The van der Waals surface area contributed by atoms with Gasteiger partial charge in [0.2, 0.25) is 0 Å². The average Bonchev–Trinajstić information content (AvgIpc) is 2.53. The fraction of sp³-hybridized carbons (Fsp3) is 0.562. The van der Waals surface area contributed by atoms with Gasteiger partial charge in [0.25, 0.3) is 5.91 Å². The summed E-state index contributed by atoms with van der Waals surface area (Å²) in [7, 11) is 0. The van der Waals surface area contributed by atoms with Crippen LogP contribution in [0.5, 0.6) is 5.75 Å². The van der Waals surface area contributed by atoms with Crippen LogP contribution < -0.4 is 10.1 Å². The second kappa shape index (κ2) is 6.67. The molecule has 2 aliphatic rings. The van der Waals surface area contributed by atoms with E-state index in [0.29, 0.717) is 17.5 Å². The minimum atomic E-state index is -0.124. The van der Waals surface area contributed by atoms with Crippen molar-refractivity contribution >= 4 is 23.2 Å². The van der Waals surface area contributed by atoms with Crippen molar-refractivity contribution in [3.8, 4) is 5.75 Å². The van der Waals surface area contributed by atoms with E-state index in [9.17, 15) is 4.79 Å². The molecule has 2 heterocycles. The number of halogens is 1. The maximum atomic E-state index is 11.4. The fourth-order valence-corrected chi connectivity index (χ4v) is 3.09. The molecule has 0 aliphatic carbocycles. The molecule has 1 aromatic rings. The molecule has 0 spiro atoms. The minimum Gasteiger partial charge on any atom is -0.482 e. The van der Waals surface area contributed by atoms with Crippen molar-refractivity contribution in [2.75, 3.05) is 18.5 Å². The van der Waals surface area contributed by atoms with Crippen LogP contribution in [0.4, 0.5) is 5.69 Å². The molecule has 5 heteroatoms. The number of ether oxygens (including phenoxy) is 2. The number of carbonyl (C=O) groups is 1. The van der Waals surface area contributed by atoms with Crippen LogP contribution in [0.2, 0.25) is 0 Å². The van der Waals surface area contributed by atoms with Gasteiger partial charge in [0.1, 0.15) is 5.75 Å². The molecular weight excluding hydrogens is 290 g/mol. The van der Waals surface area contributed by atoms with Crippen molar-refractivity contribution in [2.45, 2.75) is 43.6 Å². The van der Waals surface area contributed by atoms with E-state index >= 15 is 0 Å². The van der Waals surface area contributed by atoms with Crippen LogP contribution in [0.25, 0.3) is 0 Å². The average molecular weight is 310 g/mol. The minimum absolute atomic E-state index is 0.0698. The fourth-order valence-electron chi connectivity index (χ4n) is 2.83. The highest BCUT2D eigenvalue weighted by molar-refractivity contribution is 6.20. The highest BCUT2D eigenvalue weighted by atomic mass is 35.5. The van der Waals surface area contributed by atoms with Crippen molar-refractivity contribution in [3.63, 3.8) is 0 Å². The summed E-state index contributed by atoms with van der Waals surface area (Å²) in [6.45, 7) is 0.954.